The molecule has 9 rings (SSSR count). The number of amides is 5. The van der Waals surface area contributed by atoms with Gasteiger partial charge in [-0.2, -0.15) is 0 Å². The van der Waals surface area contributed by atoms with Crippen molar-refractivity contribution in [1.82, 2.24) is 26.6 Å². The van der Waals surface area contributed by atoms with Crippen molar-refractivity contribution in [3.05, 3.63) is 0 Å². The minimum absolute atomic E-state index is 0.873. The lowest BCUT2D eigenvalue weighted by molar-refractivity contribution is -0.384. The molecule has 46 atom stereocenters. The lowest BCUT2D eigenvalue weighted by Crippen LogP contribution is -2.71. The van der Waals surface area contributed by atoms with Crippen molar-refractivity contribution in [3.63, 3.8) is 0 Å². The van der Waals surface area contributed by atoms with E-state index in [9.17, 15) is 162 Å². The Kier molecular flexibility index (Phi) is 35.7. The summed E-state index contributed by atoms with van der Waals surface area (Å²) in [5, 5.41) is 300. The number of nitrogens with one attached hydrogen (secondary N) is 5. The molecule has 9 aliphatic heterocycles. The lowest BCUT2D eigenvalue weighted by atomic mass is 9.88. The number of aliphatic hydroxyl groups excluding tert-OH is 25. The highest BCUT2D eigenvalue weighted by Crippen LogP contribution is 2.42. The van der Waals surface area contributed by atoms with Gasteiger partial charge in [-0.3, -0.25) is 24.0 Å². The summed E-state index contributed by atoms with van der Waals surface area (Å²) in [5.74, 6) is -10.1. The van der Waals surface area contributed by atoms with Crippen molar-refractivity contribution in [1.29, 1.82) is 0 Å². The summed E-state index contributed by atoms with van der Waals surface area (Å²) < 4.78 is 100.0. The molecule has 0 radical (unpaired) electrons. The Hall–Kier alpha value is -4.86. The SMILES string of the molecule is CC(=O)N[C@H]1[C@H](OC[C@H]2O[C@@H](O[C@H]3[C@H](O)[C@@H](NC(C)=O)[C@H](OC[C@H]4OC(O)[C@H](NC(C)=O)[C@@H](O[C@@H]5O[C@H](CO)[C@H](O)[C@H](O[C@]6(C(=O)O)C[C@H](O)[C@@H](NC(C)=O)[C@H]([C@H](O)[C@H](O)CO)O6)[C@H]5O)[C@H]4O)O[C@@H]3CO)[C@H](O)[C@@H](O[C@@H]3O[C@H](CO)[C@@H](O)[C@H](O[C@@H]4O[C@H](CO)[C@H](O)[C@H](O)[C@H]4O)[C@H]3NC(C)=O)[C@H]2O)O[C@H](CO)[C@@H](O[C@@H]2O[C@H](CO)[C@H](O)[C@H](O)[C@H]2O)[C@@H]1O. The maximum absolute atomic E-state index is 13.2. The molecule has 121 heavy (non-hydrogen) atoms. The molecule has 9 fully saturated rings. The Labute approximate surface area is 684 Å². The smallest absolute Gasteiger partial charge is 0.364 e. The first-order valence-electron chi connectivity index (χ1n) is 38.2. The van der Waals surface area contributed by atoms with Crippen LogP contribution in [-0.4, -0.2) is 509 Å². The van der Waals surface area contributed by atoms with E-state index in [1.807, 2.05) is 0 Å². The fourth-order valence-electron chi connectivity index (χ4n) is 15.5. The number of carbonyl (C=O) groups excluding carboxylic acids is 5. The zero-order chi connectivity index (χ0) is 89.6. The van der Waals surface area contributed by atoms with Crippen molar-refractivity contribution in [2.75, 3.05) is 59.5 Å². The molecule has 54 heteroatoms. The number of hydrogen-bond donors (Lipinski definition) is 31. The number of ether oxygens (including phenoxy) is 17. The quantitative estimate of drug-likeness (QED) is 0.0290. The molecule has 9 aliphatic rings. The molecule has 0 aromatic carbocycles. The molecule has 54 nitrogen and oxygen atoms in total. The van der Waals surface area contributed by atoms with Gasteiger partial charge in [0.1, 0.15) is 213 Å². The Balaban J connectivity index is 0.994. The Morgan fingerprint density at radius 1 is 0.339 bits per heavy atom. The predicted molar refractivity (Wildman–Crippen MR) is 372 cm³/mol. The first-order valence-corrected chi connectivity index (χ1v) is 38.2. The molecule has 698 valence electrons. The van der Waals surface area contributed by atoms with Gasteiger partial charge in [0.05, 0.1) is 71.6 Å². The topological polar surface area (TPSA) is 845 Å². The van der Waals surface area contributed by atoms with Crippen molar-refractivity contribution >= 4 is 35.5 Å². The average molecular weight is 1770 g/mol. The van der Waals surface area contributed by atoms with Crippen LogP contribution < -0.4 is 26.6 Å². The summed E-state index contributed by atoms with van der Waals surface area (Å²) in [6, 6.07) is -9.42. The second-order valence-electron chi connectivity index (χ2n) is 30.4. The van der Waals surface area contributed by atoms with Gasteiger partial charge in [0.25, 0.3) is 5.79 Å². The van der Waals surface area contributed by atoms with Gasteiger partial charge in [-0.05, 0) is 0 Å². The molecule has 0 spiro atoms. The molecule has 0 saturated carbocycles. The summed E-state index contributed by atoms with van der Waals surface area (Å²) in [5.41, 5.74) is 0. The molecular formula is C67H111N5O49. The average Bonchev–Trinajstić information content (AvgIpc) is 0.742. The highest BCUT2D eigenvalue weighted by atomic mass is 16.8. The first kappa shape index (κ1) is 99.9. The van der Waals surface area contributed by atoms with Crippen LogP contribution in [0.1, 0.15) is 41.0 Å². The van der Waals surface area contributed by atoms with Crippen LogP contribution in [0.25, 0.3) is 0 Å². The Morgan fingerprint density at radius 3 is 1.08 bits per heavy atom. The minimum Gasteiger partial charge on any atom is -0.477 e. The fourth-order valence-corrected chi connectivity index (χ4v) is 15.5. The van der Waals surface area contributed by atoms with Crippen LogP contribution in [0, 0.1) is 0 Å². The third kappa shape index (κ3) is 22.5. The van der Waals surface area contributed by atoms with Crippen LogP contribution in [0.3, 0.4) is 0 Å². The van der Waals surface area contributed by atoms with Crippen molar-refractivity contribution in [2.45, 2.75) is 323 Å². The van der Waals surface area contributed by atoms with E-state index in [0.717, 1.165) is 34.6 Å². The molecular weight excluding hydrogens is 1660 g/mol. The summed E-state index contributed by atoms with van der Waals surface area (Å²) in [7, 11) is 0. The van der Waals surface area contributed by atoms with E-state index in [1.165, 1.54) is 0 Å². The summed E-state index contributed by atoms with van der Waals surface area (Å²) in [4.78, 5) is 77.4. The van der Waals surface area contributed by atoms with Crippen molar-refractivity contribution < 1.29 is 242 Å². The molecule has 0 bridgehead atoms. The van der Waals surface area contributed by atoms with Crippen molar-refractivity contribution in [2.24, 2.45) is 0 Å². The van der Waals surface area contributed by atoms with E-state index in [4.69, 9.17) is 80.5 Å². The fraction of sp³-hybridized carbons (Fsp3) is 0.910. The monoisotopic (exact) mass is 1770 g/mol. The number of aliphatic hydroxyl groups is 25. The Morgan fingerprint density at radius 2 is 0.661 bits per heavy atom. The highest BCUT2D eigenvalue weighted by Gasteiger charge is 2.63. The number of carboxylic acids is 1. The number of rotatable bonds is 33. The van der Waals surface area contributed by atoms with Gasteiger partial charge in [-0.15, -0.1) is 0 Å². The largest absolute Gasteiger partial charge is 0.477 e. The van der Waals surface area contributed by atoms with Gasteiger partial charge in [0.15, 0.2) is 50.3 Å². The Bertz CT molecular complexity index is 3340. The van der Waals surface area contributed by atoms with Gasteiger partial charge in [-0.25, -0.2) is 4.79 Å². The van der Waals surface area contributed by atoms with Crippen molar-refractivity contribution in [3.8, 4) is 0 Å². The standard InChI is InChI=1S/C67H111N5O49/c1-16(80)68-31-21(85)6-67(66(103)104,120-55(31)36(87)22(86)7-73)121-57-40(91)26(11-77)111-65(50(57)101)117-53-34(71-19(4)83)58(102)107-29(41(53)92)14-105-59-33(70-18(3)82)44(95)52(28(13-79)113-59)116-64-49(100)56(119-61-35(72-20(5)84)54(39(90)25(10-76)108-61)118-63-48(99)46(97)38(89)24(9-75)110-63)42(93)30(114-64)15-106-60-32(69-17(2)81)43(94)51(27(12-78)112-60)115-62-47(98)45(96)37(88)23(8-74)109-62/h21-65,73-79,85-102H,6-15H2,1-5H3,(H,68,80)(H,69,81)(H,70,82)(H,71,83)(H,72,84)(H,103,104)/t21-,22+,23+,24+,25+,26+,27+,28+,29+,30+,31+,32+,33+,34+,35+,36+,37-,38-,39+,40-,41-,42-,43+,44+,45-,46-,47+,48+,49+,50+,51+,52+,53+,54+,55+,56-,57-,58?,59+,60+,61-,62-,63-,64-,65-,67-/m0/s1. The third-order valence-corrected chi connectivity index (χ3v) is 21.7. The molecule has 0 aromatic rings. The molecule has 5 amide bonds. The van der Waals surface area contributed by atoms with Crippen LogP contribution in [0.5, 0.6) is 0 Å². The van der Waals surface area contributed by atoms with Crippen LogP contribution >= 0.6 is 0 Å². The lowest BCUT2D eigenvalue weighted by Gasteiger charge is -2.51. The molecule has 0 aliphatic carbocycles. The zero-order valence-electron chi connectivity index (χ0n) is 65.1. The van der Waals surface area contributed by atoms with Gasteiger partial charge < -0.3 is 240 Å². The highest BCUT2D eigenvalue weighted by molar-refractivity contribution is 5.77. The second-order valence-corrected chi connectivity index (χ2v) is 30.4. The molecule has 31 N–H and O–H groups in total. The van der Waals surface area contributed by atoms with Gasteiger partial charge >= 0.3 is 5.97 Å². The summed E-state index contributed by atoms with van der Waals surface area (Å²) >= 11 is 0. The van der Waals surface area contributed by atoms with Crippen LogP contribution in [0.2, 0.25) is 0 Å². The molecule has 9 saturated heterocycles. The van der Waals surface area contributed by atoms with Gasteiger partial charge in [0.2, 0.25) is 29.5 Å². The summed E-state index contributed by atoms with van der Waals surface area (Å²) in [6.45, 7) is -5.33. The maximum Gasteiger partial charge on any atom is 0.364 e. The third-order valence-electron chi connectivity index (χ3n) is 21.7. The van der Waals surface area contributed by atoms with Crippen LogP contribution in [0.4, 0.5) is 0 Å². The zero-order valence-corrected chi connectivity index (χ0v) is 65.1. The number of hydrogen-bond acceptors (Lipinski definition) is 48. The van der Waals surface area contributed by atoms with E-state index < -0.39 is 383 Å². The van der Waals surface area contributed by atoms with E-state index in [1.54, 1.807) is 0 Å². The van der Waals surface area contributed by atoms with Crippen LogP contribution in [0.15, 0.2) is 0 Å². The maximum atomic E-state index is 13.2. The number of carboxylic acid groups (broad SMARTS) is 1. The van der Waals surface area contributed by atoms with Gasteiger partial charge in [-0.1, -0.05) is 0 Å². The normalized spacial score (nSPS) is 46.6. The second kappa shape index (κ2) is 43.3. The predicted octanol–water partition coefficient (Wildman–Crippen LogP) is -20.7. The first-order chi connectivity index (χ1) is 57.0. The van der Waals surface area contributed by atoms with E-state index in [0.29, 0.717) is 0 Å². The molecule has 1 unspecified atom stereocenters. The van der Waals surface area contributed by atoms with Crippen LogP contribution in [-0.2, 0) is 109 Å². The minimum atomic E-state index is -3.29. The number of aliphatic carboxylic acids is 1. The molecule has 0 aromatic heterocycles. The van der Waals surface area contributed by atoms with E-state index in [2.05, 4.69) is 26.6 Å². The number of carbonyl (C=O) groups is 6. The summed E-state index contributed by atoms with van der Waals surface area (Å²) in [6.07, 6.45) is -85.9. The van der Waals surface area contributed by atoms with E-state index in [-0.39, 0.29) is 0 Å². The molecule has 9 heterocycles. The van der Waals surface area contributed by atoms with E-state index >= 15 is 0 Å². The van der Waals surface area contributed by atoms with Gasteiger partial charge in [0, 0.05) is 41.0 Å².